The minimum atomic E-state index is -3.66. The third-order valence-corrected chi connectivity index (χ3v) is 7.61. The van der Waals surface area contributed by atoms with E-state index in [2.05, 4.69) is 30.9 Å². The van der Waals surface area contributed by atoms with E-state index >= 15 is 0 Å². The first-order valence-corrected chi connectivity index (χ1v) is 12.3. The molecular weight excluding hydrogens is 446 g/mol. The third-order valence-electron chi connectivity index (χ3n) is 5.72. The van der Waals surface area contributed by atoms with E-state index in [4.69, 9.17) is 4.74 Å². The first-order chi connectivity index (χ1) is 16.0. The minimum Gasteiger partial charge on any atom is -0.379 e. The molecule has 1 atom stereocenters. The first kappa shape index (κ1) is 21.8. The molecule has 0 saturated carbocycles. The molecule has 2 saturated heterocycles. The van der Waals surface area contributed by atoms with Crippen molar-refractivity contribution in [2.75, 3.05) is 50.0 Å². The van der Waals surface area contributed by atoms with Crippen LogP contribution in [0.25, 0.3) is 10.9 Å². The number of anilines is 3. The number of aromatic amines is 1. The number of hydrogen-bond donors (Lipinski definition) is 4. The Balaban J connectivity index is 1.49. The monoisotopic (exact) mass is 471 g/mol. The Labute approximate surface area is 190 Å². The van der Waals surface area contributed by atoms with E-state index in [1.54, 1.807) is 30.3 Å². The molecule has 2 fully saturated rings. The average molecular weight is 472 g/mol. The van der Waals surface area contributed by atoms with Gasteiger partial charge in [0.15, 0.2) is 0 Å². The number of nitrogens with one attached hydrogen (secondary N) is 4. The van der Waals surface area contributed by atoms with Crippen LogP contribution in [0.2, 0.25) is 0 Å². The maximum absolute atomic E-state index is 13.1. The molecule has 0 bridgehead atoms. The first-order valence-electron chi connectivity index (χ1n) is 10.8. The van der Waals surface area contributed by atoms with Gasteiger partial charge in [0.25, 0.3) is 5.56 Å². The van der Waals surface area contributed by atoms with Gasteiger partial charge in [-0.3, -0.25) is 4.79 Å². The van der Waals surface area contributed by atoms with Gasteiger partial charge in [-0.1, -0.05) is 6.07 Å². The Morgan fingerprint density at radius 1 is 1.15 bits per heavy atom. The fourth-order valence-corrected chi connectivity index (χ4v) is 5.47. The molecule has 0 aliphatic carbocycles. The van der Waals surface area contributed by atoms with Gasteiger partial charge in [0.1, 0.15) is 11.2 Å². The van der Waals surface area contributed by atoms with E-state index < -0.39 is 10.0 Å². The van der Waals surface area contributed by atoms with Gasteiger partial charge in [0, 0.05) is 37.6 Å². The normalized spacial score (nSPS) is 19.6. The summed E-state index contributed by atoms with van der Waals surface area (Å²) in [6.45, 7) is 3.10. The van der Waals surface area contributed by atoms with E-state index in [9.17, 15) is 13.2 Å². The highest BCUT2D eigenvalue weighted by atomic mass is 32.2. The molecular formula is C21H25N7O4S. The number of nitrogens with zero attached hydrogens (tertiary/aromatic N) is 3. The minimum absolute atomic E-state index is 0.164. The number of sulfonamides is 1. The van der Waals surface area contributed by atoms with Crippen LogP contribution in [0.1, 0.15) is 6.42 Å². The van der Waals surface area contributed by atoms with Crippen molar-refractivity contribution in [2.24, 2.45) is 0 Å². The van der Waals surface area contributed by atoms with Crippen LogP contribution in [-0.2, 0) is 14.8 Å². The van der Waals surface area contributed by atoms with Gasteiger partial charge in [-0.2, -0.15) is 9.29 Å². The van der Waals surface area contributed by atoms with E-state index in [1.165, 1.54) is 10.5 Å². The molecule has 4 N–H and O–H groups in total. The second kappa shape index (κ2) is 9.06. The average Bonchev–Trinajstić information content (AvgIpc) is 3.33. The second-order valence-corrected chi connectivity index (χ2v) is 9.90. The molecule has 2 aromatic heterocycles. The highest BCUT2D eigenvalue weighted by Gasteiger charge is 2.26. The van der Waals surface area contributed by atoms with Crippen LogP contribution in [0.4, 0.5) is 17.5 Å². The SMILES string of the molecule is O=c1[nH]ccc2nc(N[C@@H]3CCNC3)nc(Nc3cccc(S(=O)(=O)N4CCOCC4)c3)c12. The molecule has 11 nitrogen and oxygen atoms in total. The fraction of sp³-hybridized carbons (Fsp3) is 0.381. The van der Waals surface area contributed by atoms with Crippen molar-refractivity contribution in [3.63, 3.8) is 0 Å². The Bertz CT molecular complexity index is 1320. The van der Waals surface area contributed by atoms with Crippen molar-refractivity contribution in [1.29, 1.82) is 0 Å². The zero-order valence-corrected chi connectivity index (χ0v) is 18.7. The lowest BCUT2D eigenvalue weighted by Gasteiger charge is -2.26. The van der Waals surface area contributed by atoms with Crippen molar-refractivity contribution in [3.8, 4) is 0 Å². The van der Waals surface area contributed by atoms with Crippen molar-refractivity contribution >= 4 is 38.4 Å². The van der Waals surface area contributed by atoms with Crippen LogP contribution in [0.3, 0.4) is 0 Å². The van der Waals surface area contributed by atoms with Crippen molar-refractivity contribution in [2.45, 2.75) is 17.4 Å². The zero-order valence-electron chi connectivity index (χ0n) is 17.9. The van der Waals surface area contributed by atoms with Gasteiger partial charge in [-0.25, -0.2) is 13.4 Å². The van der Waals surface area contributed by atoms with E-state index in [1.807, 2.05) is 0 Å². The summed E-state index contributed by atoms with van der Waals surface area (Å²) in [7, 11) is -3.66. The molecule has 2 aliphatic rings. The summed E-state index contributed by atoms with van der Waals surface area (Å²) in [5.74, 6) is 0.706. The molecule has 5 rings (SSSR count). The maximum Gasteiger partial charge on any atom is 0.261 e. The van der Waals surface area contributed by atoms with Crippen LogP contribution in [0, 0.1) is 0 Å². The third kappa shape index (κ3) is 4.55. The number of morpholine rings is 1. The number of rotatable bonds is 6. The lowest BCUT2D eigenvalue weighted by atomic mass is 10.2. The molecule has 2 aliphatic heterocycles. The Kier molecular flexibility index (Phi) is 5.98. The van der Waals surface area contributed by atoms with Gasteiger partial charge >= 0.3 is 0 Å². The van der Waals surface area contributed by atoms with Crippen LogP contribution in [-0.4, -0.2) is 73.1 Å². The number of benzene rings is 1. The van der Waals surface area contributed by atoms with E-state index in [0.717, 1.165) is 19.5 Å². The largest absolute Gasteiger partial charge is 0.379 e. The summed E-state index contributed by atoms with van der Waals surface area (Å²) in [6.07, 6.45) is 2.48. The predicted molar refractivity (Wildman–Crippen MR) is 124 cm³/mol. The predicted octanol–water partition coefficient (Wildman–Crippen LogP) is 0.856. The van der Waals surface area contributed by atoms with Crippen molar-refractivity contribution in [3.05, 3.63) is 46.9 Å². The summed E-state index contributed by atoms with van der Waals surface area (Å²) in [5, 5.41) is 10.0. The number of ether oxygens (including phenoxy) is 1. The summed E-state index contributed by atoms with van der Waals surface area (Å²) >= 11 is 0. The number of hydrogen-bond acceptors (Lipinski definition) is 9. The molecule has 4 heterocycles. The fourth-order valence-electron chi connectivity index (χ4n) is 4.01. The quantitative estimate of drug-likeness (QED) is 0.412. The Morgan fingerprint density at radius 2 is 2.00 bits per heavy atom. The summed E-state index contributed by atoms with van der Waals surface area (Å²) < 4.78 is 32.8. The smallest absolute Gasteiger partial charge is 0.261 e. The van der Waals surface area contributed by atoms with Crippen LogP contribution in [0.15, 0.2) is 46.2 Å². The number of fused-ring (bicyclic) bond motifs is 1. The van der Waals surface area contributed by atoms with Crippen LogP contribution in [0.5, 0.6) is 0 Å². The van der Waals surface area contributed by atoms with E-state index in [-0.39, 0.29) is 16.5 Å². The highest BCUT2D eigenvalue weighted by Crippen LogP contribution is 2.26. The molecule has 0 spiro atoms. The zero-order chi connectivity index (χ0) is 22.8. The molecule has 174 valence electrons. The summed E-state index contributed by atoms with van der Waals surface area (Å²) in [6, 6.07) is 8.40. The van der Waals surface area contributed by atoms with Gasteiger partial charge in [0.2, 0.25) is 16.0 Å². The molecule has 0 radical (unpaired) electrons. The molecule has 33 heavy (non-hydrogen) atoms. The molecule has 3 aromatic rings. The van der Waals surface area contributed by atoms with Gasteiger partial charge in [-0.05, 0) is 37.2 Å². The van der Waals surface area contributed by atoms with Crippen molar-refractivity contribution in [1.82, 2.24) is 24.6 Å². The molecule has 1 aromatic carbocycles. The lowest BCUT2D eigenvalue weighted by Crippen LogP contribution is -2.40. The van der Waals surface area contributed by atoms with E-state index in [0.29, 0.717) is 54.7 Å². The number of pyridine rings is 1. The van der Waals surface area contributed by atoms with Gasteiger partial charge < -0.3 is 25.7 Å². The van der Waals surface area contributed by atoms with Gasteiger partial charge in [0.05, 0.1) is 23.6 Å². The van der Waals surface area contributed by atoms with Gasteiger partial charge in [-0.15, -0.1) is 0 Å². The standard InChI is InChI=1S/C21H25N7O4S/c29-20-18-17(5-7-23-20)26-21(25-15-4-6-22-13-15)27-19(18)24-14-2-1-3-16(12-14)33(30,31)28-8-10-32-11-9-28/h1-3,5,7,12,15,22H,4,6,8-11,13H2,(H,23,29)(H2,24,25,26,27)/t15-/m1/s1. The Morgan fingerprint density at radius 3 is 2.79 bits per heavy atom. The maximum atomic E-state index is 13.1. The van der Waals surface area contributed by atoms with Crippen molar-refractivity contribution < 1.29 is 13.2 Å². The number of H-pyrrole nitrogens is 1. The molecule has 0 amide bonds. The topological polar surface area (TPSA) is 141 Å². The summed E-state index contributed by atoms with van der Waals surface area (Å²) in [5.41, 5.74) is 0.657. The number of aromatic nitrogens is 3. The van der Waals surface area contributed by atoms with Crippen LogP contribution < -0.4 is 21.5 Å². The highest BCUT2D eigenvalue weighted by molar-refractivity contribution is 7.89. The second-order valence-electron chi connectivity index (χ2n) is 7.97. The lowest BCUT2D eigenvalue weighted by molar-refractivity contribution is 0.0730. The summed E-state index contributed by atoms with van der Waals surface area (Å²) in [4.78, 5) is 24.4. The molecule has 0 unspecified atom stereocenters. The Hall–Kier alpha value is -3.06. The van der Waals surface area contributed by atoms with Crippen LogP contribution >= 0.6 is 0 Å². The molecule has 12 heteroatoms.